The van der Waals surface area contributed by atoms with Crippen LogP contribution in [0.25, 0.3) is 10.8 Å². The molecular weight excluding hydrogens is 192 g/mol. The predicted molar refractivity (Wildman–Crippen MR) is 57.5 cm³/mol. The Labute approximate surface area is 86.7 Å². The summed E-state index contributed by atoms with van der Waals surface area (Å²) in [5.74, 6) is 0.0402. The molecule has 15 heavy (non-hydrogen) atoms. The molecule has 0 aliphatic rings. The van der Waals surface area contributed by atoms with Gasteiger partial charge in [-0.15, -0.1) is 0 Å². The number of aromatic nitrogens is 1. The predicted octanol–water partition coefficient (Wildman–Crippen LogP) is 1.60. The molecule has 0 saturated carbocycles. The lowest BCUT2D eigenvalue weighted by Gasteiger charge is -2.03. The Morgan fingerprint density at radius 3 is 2.93 bits per heavy atom. The van der Waals surface area contributed by atoms with Crippen LogP contribution in [0.1, 0.15) is 10.4 Å². The maximum atomic E-state index is 11.3. The van der Waals surface area contributed by atoms with E-state index in [0.29, 0.717) is 11.4 Å². The maximum Gasteiger partial charge on any atom is 0.337 e. The fourth-order valence-electron chi connectivity index (χ4n) is 1.44. The highest BCUT2D eigenvalue weighted by atomic mass is 16.5. The number of methoxy groups -OCH3 is 1. The van der Waals surface area contributed by atoms with Crippen LogP contribution >= 0.6 is 0 Å². The van der Waals surface area contributed by atoms with Crippen molar-refractivity contribution in [3.05, 3.63) is 36.0 Å². The highest BCUT2D eigenvalue weighted by Crippen LogP contribution is 2.20. The van der Waals surface area contributed by atoms with Gasteiger partial charge in [-0.1, -0.05) is 6.07 Å². The molecule has 0 fully saturated rings. The van der Waals surface area contributed by atoms with Gasteiger partial charge >= 0.3 is 5.97 Å². The van der Waals surface area contributed by atoms with Crippen molar-refractivity contribution in [3.8, 4) is 0 Å². The molecule has 0 unspecified atom stereocenters. The van der Waals surface area contributed by atoms with Crippen molar-refractivity contribution in [2.24, 2.45) is 0 Å². The second-order valence-electron chi connectivity index (χ2n) is 3.12. The zero-order valence-corrected chi connectivity index (χ0v) is 8.23. The Bertz CT molecular complexity index is 523. The van der Waals surface area contributed by atoms with E-state index in [-0.39, 0.29) is 5.97 Å². The number of hydrogen-bond acceptors (Lipinski definition) is 4. The molecule has 4 nitrogen and oxygen atoms in total. The lowest BCUT2D eigenvalue weighted by Crippen LogP contribution is -2.01. The summed E-state index contributed by atoms with van der Waals surface area (Å²) in [7, 11) is 1.35. The van der Waals surface area contributed by atoms with Crippen molar-refractivity contribution in [3.63, 3.8) is 0 Å². The lowest BCUT2D eigenvalue weighted by molar-refractivity contribution is 0.0601. The quantitative estimate of drug-likeness (QED) is 0.713. The van der Waals surface area contributed by atoms with Crippen LogP contribution in [0.15, 0.2) is 30.5 Å². The molecule has 1 aromatic heterocycles. The zero-order chi connectivity index (χ0) is 10.8. The topological polar surface area (TPSA) is 65.2 Å². The van der Waals surface area contributed by atoms with E-state index in [1.807, 2.05) is 12.1 Å². The highest BCUT2D eigenvalue weighted by molar-refractivity contribution is 5.98. The molecule has 0 spiro atoms. The summed E-state index contributed by atoms with van der Waals surface area (Å²) >= 11 is 0. The first-order valence-electron chi connectivity index (χ1n) is 4.45. The Hall–Kier alpha value is -2.10. The van der Waals surface area contributed by atoms with Gasteiger partial charge in [-0.05, 0) is 23.6 Å². The van der Waals surface area contributed by atoms with E-state index in [1.54, 1.807) is 18.3 Å². The fourth-order valence-corrected chi connectivity index (χ4v) is 1.44. The van der Waals surface area contributed by atoms with Gasteiger partial charge in [-0.3, -0.25) is 0 Å². The minimum Gasteiger partial charge on any atom is -0.465 e. The number of nitrogens with zero attached hydrogens (tertiary/aromatic N) is 1. The molecule has 2 aromatic rings. The largest absolute Gasteiger partial charge is 0.465 e. The molecule has 2 N–H and O–H groups in total. The zero-order valence-electron chi connectivity index (χ0n) is 8.23. The molecule has 0 amide bonds. The third-order valence-electron chi connectivity index (χ3n) is 2.22. The van der Waals surface area contributed by atoms with Gasteiger partial charge in [0, 0.05) is 11.6 Å². The Balaban J connectivity index is 2.64. The number of nitrogens with two attached hydrogens (primary N) is 1. The summed E-state index contributed by atoms with van der Waals surface area (Å²) < 4.78 is 4.62. The fraction of sp³-hybridized carbons (Fsp3) is 0.0909. The number of nitrogen functional groups attached to an aromatic ring is 1. The third-order valence-corrected chi connectivity index (χ3v) is 2.22. The third kappa shape index (κ3) is 1.61. The molecule has 76 valence electrons. The standard InChI is InChI=1S/C11H10N2O2/c1-15-11(14)8-3-2-7-4-5-13-10(12)9(7)6-8/h2-6H,1H3,(H2,12,13). The van der Waals surface area contributed by atoms with Crippen molar-refractivity contribution in [2.75, 3.05) is 12.8 Å². The summed E-state index contributed by atoms with van der Waals surface area (Å²) in [6.07, 6.45) is 1.63. The van der Waals surface area contributed by atoms with E-state index < -0.39 is 0 Å². The van der Waals surface area contributed by atoms with Gasteiger partial charge in [-0.25, -0.2) is 9.78 Å². The number of carbonyl (C=O) groups is 1. The first-order valence-corrected chi connectivity index (χ1v) is 4.45. The molecule has 0 aliphatic heterocycles. The van der Waals surface area contributed by atoms with Crippen LogP contribution in [0.3, 0.4) is 0 Å². The Morgan fingerprint density at radius 2 is 2.20 bits per heavy atom. The van der Waals surface area contributed by atoms with Crippen molar-refractivity contribution in [1.29, 1.82) is 0 Å². The lowest BCUT2D eigenvalue weighted by atomic mass is 10.1. The minimum atomic E-state index is -0.375. The van der Waals surface area contributed by atoms with Gasteiger partial charge in [0.1, 0.15) is 5.82 Å². The van der Waals surface area contributed by atoms with Gasteiger partial charge in [0.2, 0.25) is 0 Å². The molecule has 0 saturated heterocycles. The van der Waals surface area contributed by atoms with E-state index in [1.165, 1.54) is 7.11 Å². The number of ether oxygens (including phenoxy) is 1. The van der Waals surface area contributed by atoms with E-state index in [0.717, 1.165) is 10.8 Å². The van der Waals surface area contributed by atoms with Gasteiger partial charge in [0.05, 0.1) is 12.7 Å². The van der Waals surface area contributed by atoms with E-state index in [4.69, 9.17) is 5.73 Å². The number of esters is 1. The van der Waals surface area contributed by atoms with Crippen LogP contribution in [0.4, 0.5) is 5.82 Å². The first kappa shape index (κ1) is 9.45. The van der Waals surface area contributed by atoms with Gasteiger partial charge in [-0.2, -0.15) is 0 Å². The summed E-state index contributed by atoms with van der Waals surface area (Å²) in [6.45, 7) is 0. The van der Waals surface area contributed by atoms with Crippen molar-refractivity contribution < 1.29 is 9.53 Å². The smallest absolute Gasteiger partial charge is 0.337 e. The van der Waals surface area contributed by atoms with Crippen LogP contribution in [0.2, 0.25) is 0 Å². The van der Waals surface area contributed by atoms with Crippen LogP contribution in [0.5, 0.6) is 0 Å². The average molecular weight is 202 g/mol. The van der Waals surface area contributed by atoms with Crippen LogP contribution in [-0.4, -0.2) is 18.1 Å². The van der Waals surface area contributed by atoms with Crippen LogP contribution in [-0.2, 0) is 4.74 Å². The van der Waals surface area contributed by atoms with E-state index in [9.17, 15) is 4.79 Å². The number of hydrogen-bond donors (Lipinski definition) is 1. The molecule has 0 atom stereocenters. The number of carbonyl (C=O) groups excluding carboxylic acids is 1. The first-order chi connectivity index (χ1) is 7.22. The van der Waals surface area contributed by atoms with Crippen molar-refractivity contribution in [2.45, 2.75) is 0 Å². The van der Waals surface area contributed by atoms with Crippen LogP contribution < -0.4 is 5.73 Å². The molecule has 1 aromatic carbocycles. The molecule has 1 heterocycles. The molecule has 0 bridgehead atoms. The summed E-state index contributed by atoms with van der Waals surface area (Å²) in [5, 5.41) is 1.72. The van der Waals surface area contributed by atoms with Gasteiger partial charge < -0.3 is 10.5 Å². The normalized spacial score (nSPS) is 10.2. The second kappa shape index (κ2) is 3.57. The monoisotopic (exact) mass is 202 g/mol. The van der Waals surface area contributed by atoms with E-state index >= 15 is 0 Å². The number of anilines is 1. The molecule has 0 radical (unpaired) electrons. The summed E-state index contributed by atoms with van der Waals surface area (Å²) in [5.41, 5.74) is 6.18. The van der Waals surface area contributed by atoms with Gasteiger partial charge in [0.25, 0.3) is 0 Å². The minimum absolute atomic E-state index is 0.375. The van der Waals surface area contributed by atoms with Crippen molar-refractivity contribution in [1.82, 2.24) is 4.98 Å². The number of pyridine rings is 1. The second-order valence-corrected chi connectivity index (χ2v) is 3.12. The van der Waals surface area contributed by atoms with E-state index in [2.05, 4.69) is 9.72 Å². The van der Waals surface area contributed by atoms with Gasteiger partial charge in [0.15, 0.2) is 0 Å². The maximum absolute atomic E-state index is 11.3. The molecular formula is C11H10N2O2. The number of benzene rings is 1. The molecule has 4 heteroatoms. The Kier molecular flexibility index (Phi) is 2.25. The number of rotatable bonds is 1. The Morgan fingerprint density at radius 1 is 1.40 bits per heavy atom. The molecule has 0 aliphatic carbocycles. The molecule has 2 rings (SSSR count). The summed E-state index contributed by atoms with van der Waals surface area (Å²) in [4.78, 5) is 15.2. The average Bonchev–Trinajstić information content (AvgIpc) is 2.28. The number of fused-ring (bicyclic) bond motifs is 1. The highest BCUT2D eigenvalue weighted by Gasteiger charge is 2.07. The summed E-state index contributed by atoms with van der Waals surface area (Å²) in [6, 6.07) is 7.05. The van der Waals surface area contributed by atoms with Crippen LogP contribution in [0, 0.1) is 0 Å². The van der Waals surface area contributed by atoms with Crippen molar-refractivity contribution >= 4 is 22.6 Å². The SMILES string of the molecule is COC(=O)c1ccc2ccnc(N)c2c1.